The zero-order valence-electron chi connectivity index (χ0n) is 10.2. The van der Waals surface area contributed by atoms with Crippen molar-refractivity contribution in [2.24, 2.45) is 0 Å². The minimum absolute atomic E-state index is 0.192. The van der Waals surface area contributed by atoms with E-state index < -0.39 is 0 Å². The van der Waals surface area contributed by atoms with Crippen LogP contribution in [0.2, 0.25) is 0 Å². The highest BCUT2D eigenvalue weighted by Gasteiger charge is 2.09. The van der Waals surface area contributed by atoms with E-state index in [1.807, 2.05) is 32.0 Å². The largest absolute Gasteiger partial charge is 0.291 e. The molecule has 0 saturated carbocycles. The van der Waals surface area contributed by atoms with Crippen molar-refractivity contribution < 1.29 is 4.79 Å². The first-order valence-electron chi connectivity index (χ1n) is 5.62. The molecule has 0 fully saturated rings. The van der Waals surface area contributed by atoms with Crippen LogP contribution < -0.4 is 5.32 Å². The number of hydrogen-bond acceptors (Lipinski definition) is 4. The maximum atomic E-state index is 11.9. The minimum atomic E-state index is -0.192. The Bertz CT molecular complexity index is 553. The van der Waals surface area contributed by atoms with Gasteiger partial charge in [0.25, 0.3) is 5.91 Å². The van der Waals surface area contributed by atoms with Crippen LogP contribution in [0.4, 0.5) is 5.95 Å². The third kappa shape index (κ3) is 3.10. The van der Waals surface area contributed by atoms with Crippen LogP contribution in [0.15, 0.2) is 29.4 Å². The van der Waals surface area contributed by atoms with Gasteiger partial charge in [-0.2, -0.15) is 4.98 Å². The second kappa shape index (κ2) is 5.68. The predicted molar refractivity (Wildman–Crippen MR) is 71.9 cm³/mol. The highest BCUT2D eigenvalue weighted by molar-refractivity contribution is 7.99. The van der Waals surface area contributed by atoms with Gasteiger partial charge < -0.3 is 0 Å². The smallest absolute Gasteiger partial charge is 0.258 e. The first-order valence-corrected chi connectivity index (χ1v) is 6.61. The van der Waals surface area contributed by atoms with Crippen LogP contribution in [0.1, 0.15) is 22.8 Å². The Morgan fingerprint density at radius 1 is 1.50 bits per heavy atom. The molecule has 2 N–H and O–H groups in total. The Morgan fingerprint density at radius 2 is 2.33 bits per heavy atom. The molecule has 0 saturated heterocycles. The number of aromatic nitrogens is 3. The number of nitrogens with zero attached hydrogens (tertiary/aromatic N) is 2. The average Bonchev–Trinajstić information content (AvgIpc) is 2.77. The molecular formula is C12H14N4OS. The van der Waals surface area contributed by atoms with E-state index in [9.17, 15) is 4.79 Å². The summed E-state index contributed by atoms with van der Waals surface area (Å²) < 4.78 is 0. The normalized spacial score (nSPS) is 10.3. The summed E-state index contributed by atoms with van der Waals surface area (Å²) in [6, 6.07) is 7.39. The van der Waals surface area contributed by atoms with Gasteiger partial charge in [-0.3, -0.25) is 10.1 Å². The maximum absolute atomic E-state index is 11.9. The van der Waals surface area contributed by atoms with Crippen LogP contribution in [0.3, 0.4) is 0 Å². The van der Waals surface area contributed by atoms with E-state index in [2.05, 4.69) is 20.5 Å². The molecule has 0 spiro atoms. The SMILES string of the molecule is CCSc1n[nH]c(NC(=O)c2cccc(C)c2)n1. The van der Waals surface area contributed by atoms with Gasteiger partial charge in [0.15, 0.2) is 0 Å². The van der Waals surface area contributed by atoms with E-state index in [0.29, 0.717) is 16.7 Å². The molecule has 6 heteroatoms. The Morgan fingerprint density at radius 3 is 3.06 bits per heavy atom. The molecule has 1 aromatic heterocycles. The van der Waals surface area contributed by atoms with E-state index in [0.717, 1.165) is 11.3 Å². The molecule has 0 bridgehead atoms. The number of thioether (sulfide) groups is 1. The standard InChI is InChI=1S/C12H14N4OS/c1-3-18-12-14-11(15-16-12)13-10(17)9-6-4-5-8(2)7-9/h4-7H,3H2,1-2H3,(H2,13,14,15,16,17). The molecule has 0 aliphatic carbocycles. The molecule has 2 aromatic rings. The van der Waals surface area contributed by atoms with Crippen molar-refractivity contribution in [3.05, 3.63) is 35.4 Å². The van der Waals surface area contributed by atoms with Gasteiger partial charge in [-0.15, -0.1) is 5.10 Å². The Balaban J connectivity index is 2.06. The second-order valence-electron chi connectivity index (χ2n) is 3.72. The molecule has 0 radical (unpaired) electrons. The topological polar surface area (TPSA) is 70.7 Å². The fourth-order valence-corrected chi connectivity index (χ4v) is 1.99. The predicted octanol–water partition coefficient (Wildman–Crippen LogP) is 2.48. The fraction of sp³-hybridized carbons (Fsp3) is 0.250. The number of anilines is 1. The third-order valence-electron chi connectivity index (χ3n) is 2.25. The minimum Gasteiger partial charge on any atom is -0.291 e. The second-order valence-corrected chi connectivity index (χ2v) is 4.95. The molecule has 18 heavy (non-hydrogen) atoms. The lowest BCUT2D eigenvalue weighted by Crippen LogP contribution is -2.13. The summed E-state index contributed by atoms with van der Waals surface area (Å²) in [5, 5.41) is 9.99. The number of hydrogen-bond donors (Lipinski definition) is 2. The molecule has 5 nitrogen and oxygen atoms in total. The van der Waals surface area contributed by atoms with E-state index in [4.69, 9.17) is 0 Å². The van der Waals surface area contributed by atoms with Crippen LogP contribution in [-0.2, 0) is 0 Å². The van der Waals surface area contributed by atoms with Crippen molar-refractivity contribution in [1.82, 2.24) is 15.2 Å². The van der Waals surface area contributed by atoms with Crippen molar-refractivity contribution in [1.29, 1.82) is 0 Å². The Hall–Kier alpha value is -1.82. The van der Waals surface area contributed by atoms with Crippen LogP contribution >= 0.6 is 11.8 Å². The quantitative estimate of drug-likeness (QED) is 0.830. The molecule has 0 atom stereocenters. The van der Waals surface area contributed by atoms with Crippen molar-refractivity contribution >= 4 is 23.6 Å². The van der Waals surface area contributed by atoms with E-state index >= 15 is 0 Å². The number of rotatable bonds is 4. The van der Waals surface area contributed by atoms with Gasteiger partial charge in [0.2, 0.25) is 11.1 Å². The number of amides is 1. The van der Waals surface area contributed by atoms with Gasteiger partial charge in [-0.1, -0.05) is 36.4 Å². The number of H-pyrrole nitrogens is 1. The molecule has 94 valence electrons. The maximum Gasteiger partial charge on any atom is 0.258 e. The molecule has 0 aliphatic heterocycles. The van der Waals surface area contributed by atoms with Crippen LogP contribution in [0, 0.1) is 6.92 Å². The average molecular weight is 262 g/mol. The molecule has 1 heterocycles. The number of carbonyl (C=O) groups is 1. The summed E-state index contributed by atoms with van der Waals surface area (Å²) in [7, 11) is 0. The van der Waals surface area contributed by atoms with Gasteiger partial charge in [-0.05, 0) is 24.8 Å². The number of benzene rings is 1. The zero-order chi connectivity index (χ0) is 13.0. The van der Waals surface area contributed by atoms with E-state index in [1.165, 1.54) is 11.8 Å². The lowest BCUT2D eigenvalue weighted by atomic mass is 10.1. The molecule has 1 amide bonds. The van der Waals surface area contributed by atoms with Crippen LogP contribution in [0.25, 0.3) is 0 Å². The van der Waals surface area contributed by atoms with Gasteiger partial charge in [-0.25, -0.2) is 5.10 Å². The fourth-order valence-electron chi connectivity index (χ4n) is 1.46. The molecule has 1 aromatic carbocycles. The summed E-state index contributed by atoms with van der Waals surface area (Å²) in [6.45, 7) is 3.97. The van der Waals surface area contributed by atoms with Crippen molar-refractivity contribution in [2.75, 3.05) is 11.1 Å². The monoisotopic (exact) mass is 262 g/mol. The summed E-state index contributed by atoms with van der Waals surface area (Å²) >= 11 is 1.52. The summed E-state index contributed by atoms with van der Waals surface area (Å²) in [4.78, 5) is 16.1. The molecular weight excluding hydrogens is 248 g/mol. The van der Waals surface area contributed by atoms with Gasteiger partial charge in [0, 0.05) is 5.56 Å². The lowest BCUT2D eigenvalue weighted by Gasteiger charge is -2.01. The van der Waals surface area contributed by atoms with Crippen LogP contribution in [0.5, 0.6) is 0 Å². The highest BCUT2D eigenvalue weighted by atomic mass is 32.2. The van der Waals surface area contributed by atoms with Gasteiger partial charge in [0.05, 0.1) is 0 Å². The van der Waals surface area contributed by atoms with Gasteiger partial charge >= 0.3 is 0 Å². The van der Waals surface area contributed by atoms with E-state index in [-0.39, 0.29) is 5.91 Å². The number of aromatic amines is 1. The number of carbonyl (C=O) groups excluding carboxylic acids is 1. The summed E-state index contributed by atoms with van der Waals surface area (Å²) in [6.07, 6.45) is 0. The van der Waals surface area contributed by atoms with Crippen molar-refractivity contribution in [3.63, 3.8) is 0 Å². The summed E-state index contributed by atoms with van der Waals surface area (Å²) in [5.41, 5.74) is 1.65. The highest BCUT2D eigenvalue weighted by Crippen LogP contribution is 2.13. The molecule has 0 aliphatic rings. The lowest BCUT2D eigenvalue weighted by molar-refractivity contribution is 0.102. The Kier molecular flexibility index (Phi) is 3.99. The molecule has 2 rings (SSSR count). The molecule has 0 unspecified atom stereocenters. The van der Waals surface area contributed by atoms with Gasteiger partial charge in [0.1, 0.15) is 0 Å². The van der Waals surface area contributed by atoms with Crippen LogP contribution in [-0.4, -0.2) is 26.8 Å². The summed E-state index contributed by atoms with van der Waals surface area (Å²) in [5.74, 6) is 1.07. The van der Waals surface area contributed by atoms with Crippen molar-refractivity contribution in [2.45, 2.75) is 19.0 Å². The third-order valence-corrected chi connectivity index (χ3v) is 2.98. The number of nitrogens with one attached hydrogen (secondary N) is 2. The zero-order valence-corrected chi connectivity index (χ0v) is 11.0. The van der Waals surface area contributed by atoms with E-state index in [1.54, 1.807) is 6.07 Å². The number of aryl methyl sites for hydroxylation is 1. The Labute approximate surface area is 109 Å². The first kappa shape index (κ1) is 12.6. The van der Waals surface area contributed by atoms with Crippen molar-refractivity contribution in [3.8, 4) is 0 Å². The first-order chi connectivity index (χ1) is 8.69.